The van der Waals surface area contributed by atoms with Gasteiger partial charge in [-0.2, -0.15) is 0 Å². The topological polar surface area (TPSA) is 62.7 Å². The first-order chi connectivity index (χ1) is 14.6. The van der Waals surface area contributed by atoms with Gasteiger partial charge in [0.05, 0.1) is 24.5 Å². The third-order valence-electron chi connectivity index (χ3n) is 6.52. The minimum Gasteiger partial charge on any atom is -0.360 e. The van der Waals surface area contributed by atoms with Gasteiger partial charge >= 0.3 is 0 Å². The Morgan fingerprint density at radius 1 is 1.20 bits per heavy atom. The number of hydrogen-bond acceptors (Lipinski definition) is 4. The van der Waals surface area contributed by atoms with Crippen LogP contribution in [0.5, 0.6) is 0 Å². The first-order valence-electron chi connectivity index (χ1n) is 10.4. The zero-order chi connectivity index (χ0) is 20.7. The molecule has 0 aliphatic carbocycles. The normalized spacial score (nSPS) is 28.8. The SMILES string of the molecule is CN(Cc1ccccc1)C(=O)[C@@H]1[C@@H]2C=C[C@@]3(CN(CCc4ccncc4)C(=O)[C@H]13)O2. The van der Waals surface area contributed by atoms with Gasteiger partial charge in [0.25, 0.3) is 0 Å². The maximum atomic E-state index is 13.3. The Bertz CT molecular complexity index is 978. The van der Waals surface area contributed by atoms with Crippen LogP contribution in [0.2, 0.25) is 0 Å². The molecule has 1 aromatic carbocycles. The van der Waals surface area contributed by atoms with Crippen LogP contribution in [0.25, 0.3) is 0 Å². The highest BCUT2D eigenvalue weighted by molar-refractivity contribution is 5.93. The fraction of sp³-hybridized carbons (Fsp3) is 0.375. The number of rotatable bonds is 6. The lowest BCUT2D eigenvalue weighted by atomic mass is 9.76. The molecule has 0 radical (unpaired) electrons. The molecule has 4 atom stereocenters. The summed E-state index contributed by atoms with van der Waals surface area (Å²) in [6.07, 6.45) is 7.95. The molecule has 2 aromatic rings. The summed E-state index contributed by atoms with van der Waals surface area (Å²) >= 11 is 0. The number of carbonyl (C=O) groups excluding carboxylic acids is 2. The van der Waals surface area contributed by atoms with Crippen molar-refractivity contribution in [1.29, 1.82) is 0 Å². The van der Waals surface area contributed by atoms with Crippen molar-refractivity contribution in [2.75, 3.05) is 20.1 Å². The molecule has 2 fully saturated rings. The van der Waals surface area contributed by atoms with Crippen LogP contribution in [0, 0.1) is 11.8 Å². The number of hydrogen-bond donors (Lipinski definition) is 0. The molecule has 2 amide bonds. The number of carbonyl (C=O) groups is 2. The zero-order valence-electron chi connectivity index (χ0n) is 17.0. The van der Waals surface area contributed by atoms with Crippen LogP contribution in [-0.4, -0.2) is 58.4 Å². The number of pyridine rings is 1. The Morgan fingerprint density at radius 2 is 1.97 bits per heavy atom. The van der Waals surface area contributed by atoms with Crippen LogP contribution in [0.1, 0.15) is 11.1 Å². The maximum absolute atomic E-state index is 13.3. The van der Waals surface area contributed by atoms with Gasteiger partial charge in [-0.25, -0.2) is 0 Å². The van der Waals surface area contributed by atoms with E-state index in [1.165, 1.54) is 0 Å². The van der Waals surface area contributed by atoms with E-state index in [4.69, 9.17) is 4.74 Å². The second kappa shape index (κ2) is 7.36. The summed E-state index contributed by atoms with van der Waals surface area (Å²) in [5.74, 6) is -0.885. The molecule has 6 nitrogen and oxygen atoms in total. The molecule has 1 spiro atoms. The van der Waals surface area contributed by atoms with Crippen LogP contribution in [-0.2, 0) is 27.3 Å². The smallest absolute Gasteiger partial charge is 0.230 e. The molecular formula is C24H25N3O3. The van der Waals surface area contributed by atoms with Crippen molar-refractivity contribution < 1.29 is 14.3 Å². The minimum absolute atomic E-state index is 0.0237. The van der Waals surface area contributed by atoms with Gasteiger partial charge in [0, 0.05) is 32.5 Å². The second-order valence-electron chi connectivity index (χ2n) is 8.45. The third kappa shape index (κ3) is 3.12. The summed E-state index contributed by atoms with van der Waals surface area (Å²) < 4.78 is 6.24. The zero-order valence-corrected chi connectivity index (χ0v) is 17.0. The Balaban J connectivity index is 1.31. The molecule has 6 heteroatoms. The lowest BCUT2D eigenvalue weighted by Crippen LogP contribution is -2.44. The summed E-state index contributed by atoms with van der Waals surface area (Å²) in [6, 6.07) is 13.8. The van der Waals surface area contributed by atoms with E-state index in [1.807, 2.05) is 59.5 Å². The summed E-state index contributed by atoms with van der Waals surface area (Å²) in [6.45, 7) is 1.65. The average Bonchev–Trinajstić information content (AvgIpc) is 3.41. The fourth-order valence-electron chi connectivity index (χ4n) is 5.05. The van der Waals surface area contributed by atoms with Crippen LogP contribution in [0.4, 0.5) is 0 Å². The van der Waals surface area contributed by atoms with Gasteiger partial charge in [-0.3, -0.25) is 14.6 Å². The molecule has 4 heterocycles. The molecule has 2 bridgehead atoms. The Kier molecular flexibility index (Phi) is 4.66. The molecule has 5 rings (SSSR count). The minimum atomic E-state index is -0.659. The summed E-state index contributed by atoms with van der Waals surface area (Å²) in [5.41, 5.74) is 1.55. The number of fused-ring (bicyclic) bond motifs is 1. The Morgan fingerprint density at radius 3 is 2.73 bits per heavy atom. The van der Waals surface area contributed by atoms with Gasteiger partial charge in [0.15, 0.2) is 0 Å². The third-order valence-corrected chi connectivity index (χ3v) is 6.52. The highest BCUT2D eigenvalue weighted by Crippen LogP contribution is 2.52. The van der Waals surface area contributed by atoms with E-state index in [-0.39, 0.29) is 17.9 Å². The molecule has 3 aliphatic rings. The van der Waals surface area contributed by atoms with E-state index in [0.29, 0.717) is 19.6 Å². The number of nitrogens with zero attached hydrogens (tertiary/aromatic N) is 3. The molecule has 154 valence electrons. The first kappa shape index (κ1) is 19.0. The van der Waals surface area contributed by atoms with E-state index < -0.39 is 17.4 Å². The molecule has 0 saturated carbocycles. The lowest BCUT2D eigenvalue weighted by Gasteiger charge is -2.28. The fourth-order valence-corrected chi connectivity index (χ4v) is 5.05. The molecule has 1 aromatic heterocycles. The summed E-state index contributed by atoms with van der Waals surface area (Å²) in [7, 11) is 1.80. The van der Waals surface area contributed by atoms with Crippen LogP contribution >= 0.6 is 0 Å². The summed E-state index contributed by atoms with van der Waals surface area (Å²) in [5, 5.41) is 0. The van der Waals surface area contributed by atoms with Crippen molar-refractivity contribution in [2.45, 2.75) is 24.7 Å². The number of ether oxygens (including phenoxy) is 1. The van der Waals surface area contributed by atoms with Crippen molar-refractivity contribution in [3.63, 3.8) is 0 Å². The standard InChI is InChI=1S/C24H25N3O3/c1-26(15-18-5-3-2-4-6-18)22(28)20-19-7-11-24(30-19)16-27(23(29)21(20)24)14-10-17-8-12-25-13-9-17/h2-9,11-13,19-21H,10,14-16H2,1H3/t19-,20+,21-,24-/m0/s1. The molecule has 30 heavy (non-hydrogen) atoms. The van der Waals surface area contributed by atoms with Crippen molar-refractivity contribution in [2.24, 2.45) is 11.8 Å². The van der Waals surface area contributed by atoms with Crippen LogP contribution in [0.3, 0.4) is 0 Å². The number of amides is 2. The van der Waals surface area contributed by atoms with Crippen molar-refractivity contribution in [1.82, 2.24) is 14.8 Å². The van der Waals surface area contributed by atoms with E-state index in [0.717, 1.165) is 17.5 Å². The maximum Gasteiger partial charge on any atom is 0.230 e. The molecular weight excluding hydrogens is 378 g/mol. The Labute approximate surface area is 176 Å². The quantitative estimate of drug-likeness (QED) is 0.693. The van der Waals surface area contributed by atoms with Gasteiger partial charge in [-0.15, -0.1) is 0 Å². The van der Waals surface area contributed by atoms with Gasteiger partial charge < -0.3 is 14.5 Å². The van der Waals surface area contributed by atoms with Crippen molar-refractivity contribution in [3.8, 4) is 0 Å². The number of aromatic nitrogens is 1. The van der Waals surface area contributed by atoms with E-state index in [1.54, 1.807) is 24.3 Å². The monoisotopic (exact) mass is 403 g/mol. The number of benzene rings is 1. The largest absolute Gasteiger partial charge is 0.360 e. The van der Waals surface area contributed by atoms with E-state index in [9.17, 15) is 9.59 Å². The molecule has 0 unspecified atom stereocenters. The van der Waals surface area contributed by atoms with Gasteiger partial charge in [-0.05, 0) is 29.7 Å². The highest BCUT2D eigenvalue weighted by atomic mass is 16.5. The first-order valence-corrected chi connectivity index (χ1v) is 10.4. The van der Waals surface area contributed by atoms with E-state index >= 15 is 0 Å². The van der Waals surface area contributed by atoms with Gasteiger partial charge in [0.2, 0.25) is 11.8 Å². The molecule has 3 aliphatic heterocycles. The van der Waals surface area contributed by atoms with Gasteiger partial charge in [-0.1, -0.05) is 42.5 Å². The second-order valence-corrected chi connectivity index (χ2v) is 8.45. The van der Waals surface area contributed by atoms with E-state index in [2.05, 4.69) is 4.98 Å². The molecule has 2 saturated heterocycles. The predicted octanol–water partition coefficient (Wildman–Crippen LogP) is 2.06. The molecule has 0 N–H and O–H groups in total. The summed E-state index contributed by atoms with van der Waals surface area (Å²) in [4.78, 5) is 34.3. The van der Waals surface area contributed by atoms with Crippen LogP contribution in [0.15, 0.2) is 67.0 Å². The Hall–Kier alpha value is -2.99. The average molecular weight is 403 g/mol. The predicted molar refractivity (Wildman–Crippen MR) is 111 cm³/mol. The van der Waals surface area contributed by atoms with Crippen LogP contribution < -0.4 is 0 Å². The van der Waals surface area contributed by atoms with Crippen molar-refractivity contribution in [3.05, 3.63) is 78.1 Å². The highest BCUT2D eigenvalue weighted by Gasteiger charge is 2.66. The lowest BCUT2D eigenvalue weighted by molar-refractivity contribution is -0.142. The number of likely N-dealkylation sites (tertiary alicyclic amines) is 1. The van der Waals surface area contributed by atoms with Gasteiger partial charge in [0.1, 0.15) is 5.60 Å². The van der Waals surface area contributed by atoms with Crippen molar-refractivity contribution >= 4 is 11.8 Å².